The van der Waals surface area contributed by atoms with Crippen LogP contribution in [0.15, 0.2) is 30.3 Å². The summed E-state index contributed by atoms with van der Waals surface area (Å²) in [4.78, 5) is 4.33. The molecule has 1 aromatic heterocycles. The SMILES string of the molecule is COc1ccc(-n2c(N)nc3cc(Cl)c(Cl)cc32)cc1C. The van der Waals surface area contributed by atoms with Gasteiger partial charge in [-0.05, 0) is 42.8 Å². The molecule has 2 aromatic carbocycles. The topological polar surface area (TPSA) is 53.1 Å². The van der Waals surface area contributed by atoms with E-state index in [4.69, 9.17) is 33.7 Å². The summed E-state index contributed by atoms with van der Waals surface area (Å²) >= 11 is 12.1. The van der Waals surface area contributed by atoms with Crippen molar-refractivity contribution in [1.82, 2.24) is 9.55 Å². The first kappa shape index (κ1) is 14.0. The fraction of sp³-hybridized carbons (Fsp3) is 0.133. The molecule has 6 heteroatoms. The average molecular weight is 322 g/mol. The minimum Gasteiger partial charge on any atom is -0.496 e. The first-order chi connectivity index (χ1) is 10.0. The van der Waals surface area contributed by atoms with Gasteiger partial charge in [0.25, 0.3) is 0 Å². The summed E-state index contributed by atoms with van der Waals surface area (Å²) in [7, 11) is 1.64. The Morgan fingerprint density at radius 1 is 1.14 bits per heavy atom. The molecule has 4 nitrogen and oxygen atoms in total. The Morgan fingerprint density at radius 3 is 2.52 bits per heavy atom. The predicted molar refractivity (Wildman–Crippen MR) is 86.8 cm³/mol. The van der Waals surface area contributed by atoms with Crippen LogP contribution in [-0.4, -0.2) is 16.7 Å². The number of anilines is 1. The number of fused-ring (bicyclic) bond motifs is 1. The van der Waals surface area contributed by atoms with E-state index >= 15 is 0 Å². The number of rotatable bonds is 2. The normalized spacial score (nSPS) is 11.0. The van der Waals surface area contributed by atoms with Crippen LogP contribution in [0.2, 0.25) is 10.0 Å². The molecule has 0 fully saturated rings. The largest absolute Gasteiger partial charge is 0.496 e. The van der Waals surface area contributed by atoms with Crippen LogP contribution in [-0.2, 0) is 0 Å². The zero-order chi connectivity index (χ0) is 15.1. The van der Waals surface area contributed by atoms with Gasteiger partial charge in [0.2, 0.25) is 5.95 Å². The number of halogens is 2. The van der Waals surface area contributed by atoms with Gasteiger partial charge < -0.3 is 10.5 Å². The number of aromatic nitrogens is 2. The third kappa shape index (κ3) is 2.30. The van der Waals surface area contributed by atoms with E-state index in [2.05, 4.69) is 4.98 Å². The van der Waals surface area contributed by atoms with Crippen LogP contribution in [0.1, 0.15) is 5.56 Å². The molecule has 0 aliphatic rings. The van der Waals surface area contributed by atoms with Crippen molar-refractivity contribution in [3.63, 3.8) is 0 Å². The Bertz CT molecular complexity index is 843. The Kier molecular flexibility index (Phi) is 3.43. The summed E-state index contributed by atoms with van der Waals surface area (Å²) in [5, 5.41) is 0.926. The van der Waals surface area contributed by atoms with Gasteiger partial charge in [-0.2, -0.15) is 0 Å². The van der Waals surface area contributed by atoms with E-state index in [1.54, 1.807) is 19.2 Å². The molecule has 0 saturated carbocycles. The van der Waals surface area contributed by atoms with Gasteiger partial charge in [-0.3, -0.25) is 4.57 Å². The lowest BCUT2D eigenvalue weighted by Gasteiger charge is -2.10. The van der Waals surface area contributed by atoms with Crippen LogP contribution < -0.4 is 10.5 Å². The quantitative estimate of drug-likeness (QED) is 0.768. The summed E-state index contributed by atoms with van der Waals surface area (Å²) in [5.74, 6) is 1.20. The Labute approximate surface area is 132 Å². The van der Waals surface area contributed by atoms with Crippen molar-refractivity contribution in [1.29, 1.82) is 0 Å². The highest BCUT2D eigenvalue weighted by Crippen LogP contribution is 2.32. The van der Waals surface area contributed by atoms with Crippen molar-refractivity contribution in [3.05, 3.63) is 45.9 Å². The number of aryl methyl sites for hydroxylation is 1. The first-order valence-electron chi connectivity index (χ1n) is 6.29. The molecule has 0 spiro atoms. The molecule has 0 amide bonds. The number of nitrogen functional groups attached to an aromatic ring is 1. The number of methoxy groups -OCH3 is 1. The molecule has 2 N–H and O–H groups in total. The third-order valence-corrected chi connectivity index (χ3v) is 4.08. The van der Waals surface area contributed by atoms with Crippen LogP contribution in [0.25, 0.3) is 16.7 Å². The van der Waals surface area contributed by atoms with E-state index in [1.165, 1.54) is 0 Å². The van der Waals surface area contributed by atoms with Crippen molar-refractivity contribution < 1.29 is 4.74 Å². The van der Waals surface area contributed by atoms with Gasteiger partial charge in [0, 0.05) is 5.69 Å². The van der Waals surface area contributed by atoms with E-state index in [1.807, 2.05) is 29.7 Å². The highest BCUT2D eigenvalue weighted by molar-refractivity contribution is 6.42. The lowest BCUT2D eigenvalue weighted by Crippen LogP contribution is -2.01. The molecule has 0 saturated heterocycles. The second-order valence-corrected chi connectivity index (χ2v) is 5.53. The van der Waals surface area contributed by atoms with Crippen molar-refractivity contribution in [2.45, 2.75) is 6.92 Å². The second kappa shape index (κ2) is 5.13. The van der Waals surface area contributed by atoms with Crippen molar-refractivity contribution in [2.24, 2.45) is 0 Å². The third-order valence-electron chi connectivity index (χ3n) is 3.36. The molecule has 0 atom stereocenters. The van der Waals surface area contributed by atoms with E-state index in [9.17, 15) is 0 Å². The Morgan fingerprint density at radius 2 is 1.86 bits per heavy atom. The highest BCUT2D eigenvalue weighted by atomic mass is 35.5. The maximum atomic E-state index is 6.10. The Hall–Kier alpha value is -1.91. The molecular weight excluding hydrogens is 309 g/mol. The minimum atomic E-state index is 0.382. The van der Waals surface area contributed by atoms with E-state index < -0.39 is 0 Å². The van der Waals surface area contributed by atoms with Crippen molar-refractivity contribution in [2.75, 3.05) is 12.8 Å². The van der Waals surface area contributed by atoms with Crippen LogP contribution in [0, 0.1) is 6.92 Å². The van der Waals surface area contributed by atoms with Crippen LogP contribution in [0.5, 0.6) is 5.75 Å². The van der Waals surface area contributed by atoms with Crippen molar-refractivity contribution >= 4 is 40.2 Å². The molecule has 3 aromatic rings. The lowest BCUT2D eigenvalue weighted by atomic mass is 10.2. The molecule has 0 aliphatic carbocycles. The monoisotopic (exact) mass is 321 g/mol. The van der Waals surface area contributed by atoms with Crippen LogP contribution in [0.4, 0.5) is 5.95 Å². The summed E-state index contributed by atoms with van der Waals surface area (Å²) in [5.41, 5.74) is 9.46. The maximum Gasteiger partial charge on any atom is 0.205 e. The fourth-order valence-corrected chi connectivity index (χ4v) is 2.68. The molecular formula is C15H13Cl2N3O. The molecule has 0 unspecified atom stereocenters. The smallest absolute Gasteiger partial charge is 0.205 e. The van der Waals surface area contributed by atoms with Gasteiger partial charge >= 0.3 is 0 Å². The molecule has 21 heavy (non-hydrogen) atoms. The van der Waals surface area contributed by atoms with Crippen LogP contribution >= 0.6 is 23.2 Å². The van der Waals surface area contributed by atoms with Gasteiger partial charge in [0.15, 0.2) is 0 Å². The molecule has 0 aliphatic heterocycles. The average Bonchev–Trinajstić information content (AvgIpc) is 2.74. The minimum absolute atomic E-state index is 0.382. The standard InChI is InChI=1S/C15H13Cl2N3O/c1-8-5-9(3-4-14(8)21-2)20-13-7-11(17)10(16)6-12(13)19-15(20)18/h3-7H,1-2H3,(H2,18,19). The van der Waals surface area contributed by atoms with Gasteiger partial charge in [0.1, 0.15) is 5.75 Å². The molecule has 0 radical (unpaired) electrons. The van der Waals surface area contributed by atoms with Crippen molar-refractivity contribution in [3.8, 4) is 11.4 Å². The molecule has 1 heterocycles. The second-order valence-electron chi connectivity index (χ2n) is 4.71. The van der Waals surface area contributed by atoms with Gasteiger partial charge in [-0.25, -0.2) is 4.98 Å². The zero-order valence-electron chi connectivity index (χ0n) is 11.5. The molecule has 0 bridgehead atoms. The van der Waals surface area contributed by atoms with E-state index in [-0.39, 0.29) is 0 Å². The van der Waals surface area contributed by atoms with Gasteiger partial charge in [-0.1, -0.05) is 23.2 Å². The number of nitrogens with zero attached hydrogens (tertiary/aromatic N) is 2. The molecule has 3 rings (SSSR count). The number of nitrogens with two attached hydrogens (primary N) is 1. The summed E-state index contributed by atoms with van der Waals surface area (Å²) in [6.07, 6.45) is 0. The maximum absolute atomic E-state index is 6.10. The first-order valence-corrected chi connectivity index (χ1v) is 7.05. The number of benzene rings is 2. The fourth-order valence-electron chi connectivity index (χ4n) is 2.36. The summed E-state index contributed by atoms with van der Waals surface area (Å²) in [6, 6.07) is 9.28. The van der Waals surface area contributed by atoms with E-state index in [0.29, 0.717) is 21.5 Å². The number of imidazole rings is 1. The Balaban J connectivity index is 2.27. The lowest BCUT2D eigenvalue weighted by molar-refractivity contribution is 0.411. The summed E-state index contributed by atoms with van der Waals surface area (Å²) < 4.78 is 7.11. The number of hydrogen-bond acceptors (Lipinski definition) is 3. The van der Waals surface area contributed by atoms with E-state index in [0.717, 1.165) is 22.5 Å². The summed E-state index contributed by atoms with van der Waals surface area (Å²) in [6.45, 7) is 1.97. The molecule has 108 valence electrons. The highest BCUT2D eigenvalue weighted by Gasteiger charge is 2.13. The van der Waals surface area contributed by atoms with Gasteiger partial charge in [0.05, 0.1) is 28.2 Å². The van der Waals surface area contributed by atoms with Gasteiger partial charge in [-0.15, -0.1) is 0 Å². The van der Waals surface area contributed by atoms with Crippen LogP contribution in [0.3, 0.4) is 0 Å². The number of ether oxygens (including phenoxy) is 1. The zero-order valence-corrected chi connectivity index (χ0v) is 13.0. The number of hydrogen-bond donors (Lipinski definition) is 1. The predicted octanol–water partition coefficient (Wildman–Crippen LogP) is 4.23.